The predicted octanol–water partition coefficient (Wildman–Crippen LogP) is 4.60. The van der Waals surface area contributed by atoms with E-state index >= 15 is 0 Å². The molecule has 31 heavy (non-hydrogen) atoms. The molecule has 8 heteroatoms. The van der Waals surface area contributed by atoms with Gasteiger partial charge in [0.25, 0.3) is 0 Å². The quantitative estimate of drug-likeness (QED) is 0.324. The third-order valence-corrected chi connectivity index (χ3v) is 6.07. The van der Waals surface area contributed by atoms with Crippen LogP contribution in [0.5, 0.6) is 0 Å². The van der Waals surface area contributed by atoms with Crippen LogP contribution in [0.2, 0.25) is 0 Å². The molecule has 7 nitrogen and oxygen atoms in total. The summed E-state index contributed by atoms with van der Waals surface area (Å²) >= 11 is 1.44. The fraction of sp³-hybridized carbons (Fsp3) is 0.261. The minimum Gasteiger partial charge on any atom is -0.462 e. The lowest BCUT2D eigenvalue weighted by molar-refractivity contribution is 0.0524. The van der Waals surface area contributed by atoms with Crippen LogP contribution in [0.15, 0.2) is 47.6 Å². The van der Waals surface area contributed by atoms with Crippen molar-refractivity contribution in [2.45, 2.75) is 38.6 Å². The standard InChI is InChI=1S/C23H23N5O2S/c1-5-30-22(29)20-16(4)17-11-6-7-12-18(17)24-19(20)13-31-23-25-26-27-28(23)21-14(2)9-8-10-15(21)3/h6-12H,5,13H2,1-4H3. The van der Waals surface area contributed by atoms with Crippen molar-refractivity contribution in [3.8, 4) is 5.69 Å². The number of hydrogen-bond donors (Lipinski definition) is 0. The number of ether oxygens (including phenoxy) is 1. The van der Waals surface area contributed by atoms with Gasteiger partial charge >= 0.3 is 5.97 Å². The molecular formula is C23H23N5O2S. The molecule has 158 valence electrons. The summed E-state index contributed by atoms with van der Waals surface area (Å²) in [5, 5.41) is 13.9. The van der Waals surface area contributed by atoms with Gasteiger partial charge in [0.05, 0.1) is 29.1 Å². The third-order valence-electron chi connectivity index (χ3n) is 5.14. The third kappa shape index (κ3) is 4.03. The average molecular weight is 434 g/mol. The zero-order valence-electron chi connectivity index (χ0n) is 17.9. The maximum atomic E-state index is 12.8. The smallest absolute Gasteiger partial charge is 0.340 e. The van der Waals surface area contributed by atoms with Crippen molar-refractivity contribution >= 4 is 28.6 Å². The number of nitrogens with zero attached hydrogens (tertiary/aromatic N) is 5. The highest BCUT2D eigenvalue weighted by Gasteiger charge is 2.21. The van der Waals surface area contributed by atoms with Crippen molar-refractivity contribution in [3.63, 3.8) is 0 Å². The first-order chi connectivity index (χ1) is 15.0. The van der Waals surface area contributed by atoms with E-state index in [9.17, 15) is 4.79 Å². The summed E-state index contributed by atoms with van der Waals surface area (Å²) in [4.78, 5) is 17.5. The van der Waals surface area contributed by atoms with Gasteiger partial charge in [-0.15, -0.1) is 5.10 Å². The van der Waals surface area contributed by atoms with E-state index in [4.69, 9.17) is 9.72 Å². The number of esters is 1. The van der Waals surface area contributed by atoms with Crippen LogP contribution in [0, 0.1) is 20.8 Å². The molecule has 0 saturated carbocycles. The van der Waals surface area contributed by atoms with Gasteiger partial charge in [0.2, 0.25) is 5.16 Å². The maximum Gasteiger partial charge on any atom is 0.340 e. The molecule has 2 heterocycles. The monoisotopic (exact) mass is 433 g/mol. The predicted molar refractivity (Wildman–Crippen MR) is 121 cm³/mol. The molecule has 0 N–H and O–H groups in total. The molecule has 4 aromatic rings. The number of carbonyl (C=O) groups is 1. The fourth-order valence-corrected chi connectivity index (χ4v) is 4.52. The Kier molecular flexibility index (Phi) is 5.99. The maximum absolute atomic E-state index is 12.8. The number of benzene rings is 2. The topological polar surface area (TPSA) is 82.8 Å². The largest absolute Gasteiger partial charge is 0.462 e. The van der Waals surface area contributed by atoms with E-state index in [1.54, 1.807) is 11.6 Å². The second kappa shape index (κ2) is 8.85. The van der Waals surface area contributed by atoms with Crippen LogP contribution in [0.25, 0.3) is 16.6 Å². The van der Waals surface area contributed by atoms with Crippen molar-refractivity contribution in [1.82, 2.24) is 25.2 Å². The van der Waals surface area contributed by atoms with E-state index < -0.39 is 0 Å². The van der Waals surface area contributed by atoms with E-state index in [2.05, 4.69) is 15.5 Å². The normalized spacial score (nSPS) is 11.1. The molecule has 0 bridgehead atoms. The number of thioether (sulfide) groups is 1. The molecule has 0 aliphatic rings. The second-order valence-electron chi connectivity index (χ2n) is 7.20. The summed E-state index contributed by atoms with van der Waals surface area (Å²) in [5.41, 5.74) is 6.02. The molecule has 0 atom stereocenters. The van der Waals surface area contributed by atoms with Crippen LogP contribution in [0.3, 0.4) is 0 Å². The van der Waals surface area contributed by atoms with Gasteiger partial charge in [-0.3, -0.25) is 4.98 Å². The fourth-order valence-electron chi connectivity index (χ4n) is 3.70. The summed E-state index contributed by atoms with van der Waals surface area (Å²) in [6, 6.07) is 13.9. The highest BCUT2D eigenvalue weighted by atomic mass is 32.2. The molecule has 2 aromatic carbocycles. The van der Waals surface area contributed by atoms with Crippen molar-refractivity contribution < 1.29 is 9.53 Å². The zero-order chi connectivity index (χ0) is 22.0. The van der Waals surface area contributed by atoms with Gasteiger partial charge in [-0.05, 0) is 60.9 Å². The minimum atomic E-state index is -0.358. The Hall–Kier alpha value is -3.26. The summed E-state index contributed by atoms with van der Waals surface area (Å²) in [7, 11) is 0. The lowest BCUT2D eigenvalue weighted by Gasteiger charge is -2.14. The average Bonchev–Trinajstić information content (AvgIpc) is 3.20. The Morgan fingerprint density at radius 3 is 2.55 bits per heavy atom. The lowest BCUT2D eigenvalue weighted by Crippen LogP contribution is -2.12. The zero-order valence-corrected chi connectivity index (χ0v) is 18.7. The van der Waals surface area contributed by atoms with E-state index in [-0.39, 0.29) is 5.97 Å². The first kappa shape index (κ1) is 21.0. The van der Waals surface area contributed by atoms with E-state index in [1.807, 2.05) is 63.2 Å². The van der Waals surface area contributed by atoms with E-state index in [0.717, 1.165) is 33.3 Å². The highest BCUT2D eigenvalue weighted by molar-refractivity contribution is 7.98. The molecule has 0 saturated heterocycles. The number of fused-ring (bicyclic) bond motifs is 1. The highest BCUT2D eigenvalue weighted by Crippen LogP contribution is 2.30. The van der Waals surface area contributed by atoms with Crippen LogP contribution in [-0.4, -0.2) is 37.8 Å². The number of tetrazole rings is 1. The Labute approximate surface area is 184 Å². The number of pyridine rings is 1. The van der Waals surface area contributed by atoms with E-state index in [1.165, 1.54) is 11.8 Å². The van der Waals surface area contributed by atoms with Gasteiger partial charge in [-0.2, -0.15) is 4.68 Å². The van der Waals surface area contributed by atoms with Crippen molar-refractivity contribution in [3.05, 3.63) is 70.4 Å². The van der Waals surface area contributed by atoms with Crippen LogP contribution >= 0.6 is 11.8 Å². The second-order valence-corrected chi connectivity index (χ2v) is 8.14. The lowest BCUT2D eigenvalue weighted by atomic mass is 10.0. The molecule has 0 aliphatic carbocycles. The number of aromatic nitrogens is 5. The van der Waals surface area contributed by atoms with Gasteiger partial charge in [-0.25, -0.2) is 4.79 Å². The van der Waals surface area contributed by atoms with E-state index in [0.29, 0.717) is 28.8 Å². The molecule has 2 aromatic heterocycles. The first-order valence-electron chi connectivity index (χ1n) is 10.0. The number of hydrogen-bond acceptors (Lipinski definition) is 7. The molecule has 0 amide bonds. The van der Waals surface area contributed by atoms with Gasteiger partial charge in [-0.1, -0.05) is 48.2 Å². The SMILES string of the molecule is CCOC(=O)c1c(CSc2nnnn2-c2c(C)cccc2C)nc2ccccc2c1C. The van der Waals surface area contributed by atoms with Crippen molar-refractivity contribution in [2.24, 2.45) is 0 Å². The molecular weight excluding hydrogens is 410 g/mol. The first-order valence-corrected chi connectivity index (χ1v) is 11.0. The molecule has 0 radical (unpaired) electrons. The van der Waals surface area contributed by atoms with Crippen molar-refractivity contribution in [1.29, 1.82) is 0 Å². The summed E-state index contributed by atoms with van der Waals surface area (Å²) in [6.45, 7) is 8.11. The van der Waals surface area contributed by atoms with Crippen LogP contribution in [-0.2, 0) is 10.5 Å². The molecule has 0 spiro atoms. The molecule has 0 aliphatic heterocycles. The summed E-state index contributed by atoms with van der Waals surface area (Å²) in [6.07, 6.45) is 0. The Morgan fingerprint density at radius 1 is 1.06 bits per heavy atom. The molecule has 0 fully saturated rings. The van der Waals surface area contributed by atoms with Gasteiger partial charge < -0.3 is 4.74 Å². The van der Waals surface area contributed by atoms with Crippen LogP contribution < -0.4 is 0 Å². The molecule has 0 unspecified atom stereocenters. The van der Waals surface area contributed by atoms with Gasteiger partial charge in [0.1, 0.15) is 0 Å². The summed E-state index contributed by atoms with van der Waals surface area (Å²) in [5.74, 6) is 0.0775. The number of para-hydroxylation sites is 2. The number of aryl methyl sites for hydroxylation is 3. The number of rotatable bonds is 6. The Morgan fingerprint density at radius 2 is 1.81 bits per heavy atom. The van der Waals surface area contributed by atoms with Crippen LogP contribution in [0.1, 0.15) is 39.7 Å². The Balaban J connectivity index is 1.73. The number of carbonyl (C=O) groups excluding carboxylic acids is 1. The summed E-state index contributed by atoms with van der Waals surface area (Å²) < 4.78 is 7.07. The van der Waals surface area contributed by atoms with Crippen molar-refractivity contribution in [2.75, 3.05) is 6.61 Å². The van der Waals surface area contributed by atoms with Gasteiger partial charge in [0.15, 0.2) is 0 Å². The van der Waals surface area contributed by atoms with Gasteiger partial charge in [0, 0.05) is 11.1 Å². The van der Waals surface area contributed by atoms with Crippen LogP contribution in [0.4, 0.5) is 0 Å². The minimum absolute atomic E-state index is 0.308. The molecule has 4 rings (SSSR count). The Bertz CT molecular complexity index is 1250.